The van der Waals surface area contributed by atoms with E-state index in [2.05, 4.69) is 5.32 Å². The highest BCUT2D eigenvalue weighted by Gasteiger charge is 2.29. The van der Waals surface area contributed by atoms with Gasteiger partial charge in [-0.2, -0.15) is 4.39 Å². The van der Waals surface area contributed by atoms with Crippen molar-refractivity contribution in [3.63, 3.8) is 0 Å². The first-order valence-corrected chi connectivity index (χ1v) is 10.0. The average Bonchev–Trinajstić information content (AvgIpc) is 2.74. The number of carbonyl (C=O) groups excluding carboxylic acids is 2. The number of rotatable bonds is 10. The summed E-state index contributed by atoms with van der Waals surface area (Å²) in [5, 5.41) is 12.7. The third-order valence-electron chi connectivity index (χ3n) is 4.61. The molecule has 3 atom stereocenters. The van der Waals surface area contributed by atoms with E-state index in [-0.39, 0.29) is 18.8 Å². The minimum Gasteiger partial charge on any atom is -0.442 e. The molecule has 0 fully saturated rings. The molecule has 2 rings (SSSR count). The normalized spacial score (nSPS) is 13.9. The van der Waals surface area contributed by atoms with Crippen molar-refractivity contribution in [3.05, 3.63) is 68.7 Å². The van der Waals surface area contributed by atoms with Crippen LogP contribution < -0.4 is 22.3 Å². The highest BCUT2D eigenvalue weighted by Crippen LogP contribution is 2.09. The van der Waals surface area contributed by atoms with Gasteiger partial charge in [0.05, 0.1) is 6.20 Å². The highest BCUT2D eigenvalue weighted by molar-refractivity contribution is 5.87. The summed E-state index contributed by atoms with van der Waals surface area (Å²) in [5.41, 5.74) is 4.63. The van der Waals surface area contributed by atoms with Gasteiger partial charge >= 0.3 is 11.7 Å². The lowest BCUT2D eigenvalue weighted by Gasteiger charge is -2.23. The predicted octanol–water partition coefficient (Wildman–Crippen LogP) is -0.362. The Morgan fingerprint density at radius 2 is 1.91 bits per heavy atom. The van der Waals surface area contributed by atoms with Gasteiger partial charge in [-0.05, 0) is 24.3 Å². The number of hydrogen-bond donors (Lipinski definition) is 4. The lowest BCUT2D eigenvalue weighted by molar-refractivity contribution is -0.153. The van der Waals surface area contributed by atoms with E-state index < -0.39 is 53.9 Å². The third-order valence-corrected chi connectivity index (χ3v) is 4.61. The third kappa shape index (κ3) is 7.13. The number of nitrogens with one attached hydrogen (secondary N) is 2. The highest BCUT2D eigenvalue weighted by atomic mass is 19.1. The van der Waals surface area contributed by atoms with Crippen molar-refractivity contribution in [2.45, 2.75) is 51.6 Å². The van der Waals surface area contributed by atoms with Crippen LogP contribution in [0.25, 0.3) is 0 Å². The zero-order valence-electron chi connectivity index (χ0n) is 17.8. The smallest absolute Gasteiger partial charge is 0.331 e. The lowest BCUT2D eigenvalue weighted by atomic mass is 10.00. The quantitative estimate of drug-likeness (QED) is 0.360. The summed E-state index contributed by atoms with van der Waals surface area (Å²) in [4.78, 5) is 49.5. The Hall–Kier alpha value is -3.31. The first-order valence-electron chi connectivity index (χ1n) is 10.0. The Balaban J connectivity index is 2.02. The van der Waals surface area contributed by atoms with Crippen molar-refractivity contribution >= 4 is 11.9 Å². The van der Waals surface area contributed by atoms with E-state index in [1.54, 1.807) is 4.98 Å². The van der Waals surface area contributed by atoms with Crippen molar-refractivity contribution in [3.8, 4) is 0 Å². The van der Waals surface area contributed by atoms with Crippen LogP contribution in [0.4, 0.5) is 4.39 Å². The summed E-state index contributed by atoms with van der Waals surface area (Å²) < 4.78 is 19.0. The molecule has 174 valence electrons. The monoisotopic (exact) mass is 450 g/mol. The van der Waals surface area contributed by atoms with Gasteiger partial charge in [0, 0.05) is 6.04 Å². The Morgan fingerprint density at radius 3 is 2.53 bits per heavy atom. The van der Waals surface area contributed by atoms with Crippen LogP contribution in [0.1, 0.15) is 25.8 Å². The summed E-state index contributed by atoms with van der Waals surface area (Å²) in [6.45, 7) is 2.95. The summed E-state index contributed by atoms with van der Waals surface area (Å²) >= 11 is 0. The molecule has 1 amide bonds. The van der Waals surface area contributed by atoms with Gasteiger partial charge in [-0.25, -0.2) is 9.59 Å². The molecule has 0 saturated carbocycles. The standard InChI is InChI=1S/C21H27FN4O6/c1-12(2)8-16(20(30)32-11-26-10-14(22)18(28)25-21(26)31)24-19(29)17(27)15(23)9-13-6-4-3-5-7-13/h3-7,10,12,15-17,27H,8-9,11,23H2,1-2H3,(H,24,29)(H,25,28,31). The summed E-state index contributed by atoms with van der Waals surface area (Å²) in [5.74, 6) is -2.99. The van der Waals surface area contributed by atoms with Gasteiger partial charge in [-0.3, -0.25) is 19.1 Å². The number of amides is 1. The minimum absolute atomic E-state index is 0.0313. The summed E-state index contributed by atoms with van der Waals surface area (Å²) in [6, 6.07) is 7.03. The number of nitrogens with two attached hydrogens (primary N) is 1. The molecule has 32 heavy (non-hydrogen) atoms. The van der Waals surface area contributed by atoms with Crippen LogP contribution in [0.15, 0.2) is 46.1 Å². The van der Waals surface area contributed by atoms with Crippen LogP contribution in [0.2, 0.25) is 0 Å². The molecule has 10 nitrogen and oxygen atoms in total. The number of hydrogen-bond acceptors (Lipinski definition) is 7. The van der Waals surface area contributed by atoms with Crippen LogP contribution in [0.5, 0.6) is 0 Å². The Labute approximate surface area is 183 Å². The number of H-pyrrole nitrogens is 1. The van der Waals surface area contributed by atoms with Crippen LogP contribution in [0.3, 0.4) is 0 Å². The van der Waals surface area contributed by atoms with E-state index in [1.807, 2.05) is 44.2 Å². The number of aromatic nitrogens is 2. The van der Waals surface area contributed by atoms with Crippen LogP contribution in [-0.2, 0) is 27.5 Å². The second kappa shape index (κ2) is 11.3. The largest absolute Gasteiger partial charge is 0.442 e. The van der Waals surface area contributed by atoms with Gasteiger partial charge in [0.25, 0.3) is 11.5 Å². The van der Waals surface area contributed by atoms with Crippen molar-refractivity contribution in [1.82, 2.24) is 14.9 Å². The predicted molar refractivity (Wildman–Crippen MR) is 113 cm³/mol. The first-order chi connectivity index (χ1) is 15.1. The van der Waals surface area contributed by atoms with Gasteiger partial charge in [0.2, 0.25) is 5.82 Å². The molecule has 1 heterocycles. The Bertz CT molecular complexity index is 1040. The molecule has 2 aromatic rings. The Kier molecular flexibility index (Phi) is 8.85. The van der Waals surface area contributed by atoms with Gasteiger partial charge in [0.15, 0.2) is 6.73 Å². The molecule has 0 aliphatic heterocycles. The second-order valence-corrected chi connectivity index (χ2v) is 7.79. The van der Waals surface area contributed by atoms with Crippen molar-refractivity contribution in [2.24, 2.45) is 11.7 Å². The minimum atomic E-state index is -1.58. The maximum Gasteiger partial charge on any atom is 0.331 e. The van der Waals surface area contributed by atoms with E-state index in [0.29, 0.717) is 10.8 Å². The molecular weight excluding hydrogens is 423 g/mol. The van der Waals surface area contributed by atoms with Gasteiger partial charge in [-0.15, -0.1) is 0 Å². The van der Waals surface area contributed by atoms with Crippen molar-refractivity contribution in [1.29, 1.82) is 0 Å². The Morgan fingerprint density at radius 1 is 1.25 bits per heavy atom. The number of aliphatic hydroxyl groups is 1. The molecule has 0 aliphatic carbocycles. The topological polar surface area (TPSA) is 157 Å². The van der Waals surface area contributed by atoms with E-state index in [0.717, 1.165) is 5.56 Å². The molecule has 0 radical (unpaired) electrons. The fourth-order valence-corrected chi connectivity index (χ4v) is 2.95. The number of aromatic amines is 1. The van der Waals surface area contributed by atoms with Gasteiger partial charge in [0.1, 0.15) is 12.1 Å². The molecule has 3 unspecified atom stereocenters. The van der Waals surface area contributed by atoms with Gasteiger partial charge < -0.3 is 20.9 Å². The van der Waals surface area contributed by atoms with Crippen molar-refractivity contribution < 1.29 is 23.8 Å². The number of benzene rings is 1. The van der Waals surface area contributed by atoms with Crippen molar-refractivity contribution in [2.75, 3.05) is 0 Å². The maximum absolute atomic E-state index is 13.4. The zero-order chi connectivity index (χ0) is 23.8. The fourth-order valence-electron chi connectivity index (χ4n) is 2.95. The van der Waals surface area contributed by atoms with E-state index >= 15 is 0 Å². The maximum atomic E-state index is 13.4. The molecule has 5 N–H and O–H groups in total. The molecule has 0 saturated heterocycles. The number of carbonyl (C=O) groups is 2. The average molecular weight is 450 g/mol. The fraction of sp³-hybridized carbons (Fsp3) is 0.429. The van der Waals surface area contributed by atoms with Crippen LogP contribution >= 0.6 is 0 Å². The lowest BCUT2D eigenvalue weighted by Crippen LogP contribution is -2.52. The van der Waals surface area contributed by atoms with E-state index in [9.17, 15) is 28.7 Å². The zero-order valence-corrected chi connectivity index (χ0v) is 17.8. The molecule has 11 heteroatoms. The summed E-state index contributed by atoms with van der Waals surface area (Å²) in [6.07, 6.45) is -0.541. The number of esters is 1. The molecular formula is C21H27FN4O6. The molecule has 0 spiro atoms. The molecule has 1 aromatic heterocycles. The summed E-state index contributed by atoms with van der Waals surface area (Å²) in [7, 11) is 0. The number of halogens is 1. The van der Waals surface area contributed by atoms with E-state index in [1.165, 1.54) is 0 Å². The van der Waals surface area contributed by atoms with Crippen LogP contribution in [-0.4, -0.2) is 44.7 Å². The van der Waals surface area contributed by atoms with E-state index in [4.69, 9.17) is 10.5 Å². The number of nitrogens with zero attached hydrogens (tertiary/aromatic N) is 1. The van der Waals surface area contributed by atoms with Crippen LogP contribution in [0, 0.1) is 11.7 Å². The molecule has 0 bridgehead atoms. The number of ether oxygens (including phenoxy) is 1. The first kappa shape index (κ1) is 25.0. The number of aliphatic hydroxyl groups excluding tert-OH is 1. The SMILES string of the molecule is CC(C)CC(NC(=O)C(O)C(N)Cc1ccccc1)C(=O)OCn1cc(F)c(=O)[nH]c1=O. The van der Waals surface area contributed by atoms with Gasteiger partial charge in [-0.1, -0.05) is 44.2 Å². The second-order valence-electron chi connectivity index (χ2n) is 7.79. The molecule has 0 aliphatic rings. The molecule has 1 aromatic carbocycles.